The molecule has 0 bridgehead atoms. The van der Waals surface area contributed by atoms with E-state index in [1.165, 1.54) is 4.68 Å². The molecule has 0 radical (unpaired) electrons. The second-order valence-electron chi connectivity index (χ2n) is 7.72. The van der Waals surface area contributed by atoms with E-state index in [0.29, 0.717) is 61.8 Å². The van der Waals surface area contributed by atoms with E-state index < -0.39 is 12.0 Å². The molecule has 2 heterocycles. The van der Waals surface area contributed by atoms with Crippen molar-refractivity contribution in [3.05, 3.63) is 67.2 Å². The van der Waals surface area contributed by atoms with Gasteiger partial charge >= 0.3 is 5.97 Å². The van der Waals surface area contributed by atoms with Gasteiger partial charge in [-0.2, -0.15) is 4.68 Å². The Balaban J connectivity index is 1.71. The summed E-state index contributed by atoms with van der Waals surface area (Å²) in [5, 5.41) is 15.9. The molecule has 3 aromatic rings. The number of hydrogen-bond acceptors (Lipinski definition) is 8. The number of ether oxygens (including phenoxy) is 3. The number of nitrogens with one attached hydrogen (secondary N) is 1. The highest BCUT2D eigenvalue weighted by Gasteiger charge is 2.36. The summed E-state index contributed by atoms with van der Waals surface area (Å²) in [5.41, 5.74) is 2.55. The van der Waals surface area contributed by atoms with Gasteiger partial charge in [-0.3, -0.25) is 0 Å². The van der Waals surface area contributed by atoms with Crippen molar-refractivity contribution in [1.29, 1.82) is 0 Å². The molecule has 1 unspecified atom stereocenters. The standard InChI is InChI=1S/C23H22BrCl2N5O4/c1-4-7-34-22(32)19-12(2)27-23-28-29-30-31(23)20(19)14-9-15(24)21(18(10-14)33-3)35-11-13-5-6-16(25)17(26)8-13/h5-6,8-10,20H,4,7,11H2,1-3H3,(H,27,28,30). The highest BCUT2D eigenvalue weighted by molar-refractivity contribution is 9.10. The SMILES string of the molecule is CCCOC(=O)C1=C(C)Nc2nnnn2C1c1cc(Br)c(OCc2ccc(Cl)c(Cl)c2)c(OC)c1. The predicted molar refractivity (Wildman–Crippen MR) is 135 cm³/mol. The molecular formula is C23H22BrCl2N5O4. The average molecular weight is 583 g/mol. The van der Waals surface area contributed by atoms with Crippen molar-refractivity contribution in [2.75, 3.05) is 19.0 Å². The summed E-state index contributed by atoms with van der Waals surface area (Å²) in [7, 11) is 1.54. The Labute approximate surface area is 220 Å². The van der Waals surface area contributed by atoms with E-state index in [9.17, 15) is 4.79 Å². The molecule has 0 fully saturated rings. The first-order chi connectivity index (χ1) is 16.8. The monoisotopic (exact) mass is 581 g/mol. The van der Waals surface area contributed by atoms with Gasteiger partial charge in [0.2, 0.25) is 5.95 Å². The number of rotatable bonds is 8. The van der Waals surface area contributed by atoms with Crippen LogP contribution in [0.15, 0.2) is 46.1 Å². The average Bonchev–Trinajstić information content (AvgIpc) is 3.30. The summed E-state index contributed by atoms with van der Waals surface area (Å²) in [4.78, 5) is 13.0. The maximum absolute atomic E-state index is 13.0. The molecule has 9 nitrogen and oxygen atoms in total. The maximum Gasteiger partial charge on any atom is 0.338 e. The molecule has 1 aliphatic heterocycles. The number of benzene rings is 2. The Hall–Kier alpha value is -2.82. The van der Waals surface area contributed by atoms with Gasteiger partial charge in [0, 0.05) is 5.70 Å². The quantitative estimate of drug-likeness (QED) is 0.344. The summed E-state index contributed by atoms with van der Waals surface area (Å²) >= 11 is 15.7. The Morgan fingerprint density at radius 1 is 1.23 bits per heavy atom. The van der Waals surface area contributed by atoms with Gasteiger partial charge in [-0.15, -0.1) is 0 Å². The number of tetrazole rings is 1. The van der Waals surface area contributed by atoms with Gasteiger partial charge in [-0.25, -0.2) is 4.79 Å². The van der Waals surface area contributed by atoms with Gasteiger partial charge in [0.05, 0.1) is 33.8 Å². The number of carbonyl (C=O) groups excluding carboxylic acids is 1. The maximum atomic E-state index is 13.0. The number of fused-ring (bicyclic) bond motifs is 1. The molecule has 0 saturated heterocycles. The number of carbonyl (C=O) groups is 1. The number of halogens is 3. The van der Waals surface area contributed by atoms with Crippen LogP contribution in [-0.2, 0) is 16.1 Å². The predicted octanol–water partition coefficient (Wildman–Crippen LogP) is 5.57. The molecule has 4 rings (SSSR count). The van der Waals surface area contributed by atoms with Crippen molar-refractivity contribution in [3.8, 4) is 11.5 Å². The van der Waals surface area contributed by atoms with Crippen LogP contribution in [0.2, 0.25) is 10.0 Å². The third-order valence-electron chi connectivity index (χ3n) is 5.31. The smallest absolute Gasteiger partial charge is 0.338 e. The summed E-state index contributed by atoms with van der Waals surface area (Å²) in [6.45, 7) is 4.26. The zero-order valence-electron chi connectivity index (χ0n) is 19.1. The number of allylic oxidation sites excluding steroid dienone is 1. The first kappa shape index (κ1) is 25.3. The van der Waals surface area contributed by atoms with Crippen LogP contribution in [0.25, 0.3) is 0 Å². The Morgan fingerprint density at radius 2 is 2.03 bits per heavy atom. The van der Waals surface area contributed by atoms with E-state index in [4.69, 9.17) is 37.4 Å². The zero-order valence-corrected chi connectivity index (χ0v) is 22.2. The van der Waals surface area contributed by atoms with Gasteiger partial charge in [0.1, 0.15) is 12.6 Å². The Morgan fingerprint density at radius 3 is 2.74 bits per heavy atom. The fraction of sp³-hybridized carbons (Fsp3) is 0.304. The number of methoxy groups -OCH3 is 1. The van der Waals surface area contributed by atoms with Gasteiger partial charge in [0.15, 0.2) is 11.5 Å². The van der Waals surface area contributed by atoms with E-state index in [0.717, 1.165) is 5.56 Å². The fourth-order valence-electron chi connectivity index (χ4n) is 3.68. The van der Waals surface area contributed by atoms with Crippen LogP contribution in [0.4, 0.5) is 5.95 Å². The number of aromatic nitrogens is 4. The van der Waals surface area contributed by atoms with Crippen LogP contribution in [0, 0.1) is 0 Å². The zero-order chi connectivity index (χ0) is 25.1. The first-order valence-electron chi connectivity index (χ1n) is 10.7. The van der Waals surface area contributed by atoms with Crippen molar-refractivity contribution >= 4 is 51.0 Å². The lowest BCUT2D eigenvalue weighted by atomic mass is 9.95. The van der Waals surface area contributed by atoms with Gasteiger partial charge < -0.3 is 19.5 Å². The number of nitrogens with zero attached hydrogens (tertiary/aromatic N) is 4. The molecule has 0 spiro atoms. The molecule has 1 N–H and O–H groups in total. The van der Waals surface area contributed by atoms with E-state index >= 15 is 0 Å². The second-order valence-corrected chi connectivity index (χ2v) is 9.39. The van der Waals surface area contributed by atoms with Gasteiger partial charge in [-0.1, -0.05) is 41.3 Å². The summed E-state index contributed by atoms with van der Waals surface area (Å²) in [5.74, 6) is 0.915. The minimum Gasteiger partial charge on any atom is -0.493 e. The van der Waals surface area contributed by atoms with Crippen LogP contribution in [-0.4, -0.2) is 39.9 Å². The molecule has 0 saturated carbocycles. The van der Waals surface area contributed by atoms with Crippen LogP contribution in [0.5, 0.6) is 11.5 Å². The van der Waals surface area contributed by atoms with Crippen LogP contribution in [0.1, 0.15) is 37.4 Å². The molecule has 0 amide bonds. The van der Waals surface area contributed by atoms with Crippen LogP contribution < -0.4 is 14.8 Å². The number of hydrogen-bond donors (Lipinski definition) is 1. The Kier molecular flexibility index (Phi) is 7.83. The first-order valence-corrected chi connectivity index (χ1v) is 12.3. The molecule has 2 aromatic carbocycles. The van der Waals surface area contributed by atoms with E-state index in [1.807, 2.05) is 19.1 Å². The molecule has 12 heteroatoms. The third kappa shape index (κ3) is 5.24. The molecule has 35 heavy (non-hydrogen) atoms. The molecule has 0 aliphatic carbocycles. The molecular weight excluding hydrogens is 561 g/mol. The van der Waals surface area contributed by atoms with Crippen molar-refractivity contribution < 1.29 is 19.0 Å². The van der Waals surface area contributed by atoms with E-state index in [2.05, 4.69) is 36.8 Å². The van der Waals surface area contributed by atoms with Gasteiger partial charge in [-0.05, 0) is 75.1 Å². The van der Waals surface area contributed by atoms with Gasteiger partial charge in [0.25, 0.3) is 0 Å². The largest absolute Gasteiger partial charge is 0.493 e. The van der Waals surface area contributed by atoms with Crippen LogP contribution in [0.3, 0.4) is 0 Å². The van der Waals surface area contributed by atoms with E-state index in [1.54, 1.807) is 32.2 Å². The van der Waals surface area contributed by atoms with Crippen molar-refractivity contribution in [2.24, 2.45) is 0 Å². The molecule has 184 valence electrons. The van der Waals surface area contributed by atoms with E-state index in [-0.39, 0.29) is 6.61 Å². The lowest BCUT2D eigenvalue weighted by Gasteiger charge is -2.28. The summed E-state index contributed by atoms with van der Waals surface area (Å²) in [6, 6.07) is 8.28. The molecule has 1 aromatic heterocycles. The second kappa shape index (κ2) is 10.8. The normalized spacial score (nSPS) is 14.9. The lowest BCUT2D eigenvalue weighted by molar-refractivity contribution is -0.139. The van der Waals surface area contributed by atoms with Crippen LogP contribution >= 0.6 is 39.1 Å². The molecule has 1 aliphatic rings. The van der Waals surface area contributed by atoms with Crippen molar-refractivity contribution in [3.63, 3.8) is 0 Å². The lowest BCUT2D eigenvalue weighted by Crippen LogP contribution is -2.30. The molecule has 1 atom stereocenters. The topological polar surface area (TPSA) is 100 Å². The highest BCUT2D eigenvalue weighted by Crippen LogP contribution is 2.43. The Bertz CT molecular complexity index is 1300. The van der Waals surface area contributed by atoms with Crippen molar-refractivity contribution in [2.45, 2.75) is 32.9 Å². The number of esters is 1. The highest BCUT2D eigenvalue weighted by atomic mass is 79.9. The summed E-state index contributed by atoms with van der Waals surface area (Å²) in [6.07, 6.45) is 0.705. The third-order valence-corrected chi connectivity index (χ3v) is 6.63. The number of anilines is 1. The fourth-order valence-corrected chi connectivity index (χ4v) is 4.57. The summed E-state index contributed by atoms with van der Waals surface area (Å²) < 4.78 is 19.3. The van der Waals surface area contributed by atoms with Crippen molar-refractivity contribution in [1.82, 2.24) is 20.2 Å². The minimum absolute atomic E-state index is 0.239. The minimum atomic E-state index is -0.639.